The van der Waals surface area contributed by atoms with Gasteiger partial charge in [-0.15, -0.1) is 0 Å². The molecule has 1 fully saturated rings. The van der Waals surface area contributed by atoms with E-state index in [4.69, 9.17) is 9.47 Å². The van der Waals surface area contributed by atoms with Crippen molar-refractivity contribution in [3.8, 4) is 5.75 Å². The molecule has 0 unspecified atom stereocenters. The number of ether oxygens (including phenoxy) is 2. The molecule has 4 heteroatoms. The van der Waals surface area contributed by atoms with Crippen LogP contribution in [0.3, 0.4) is 0 Å². The first-order chi connectivity index (χ1) is 13.8. The highest BCUT2D eigenvalue weighted by Crippen LogP contribution is 2.49. The first-order valence-electron chi connectivity index (χ1n) is 9.84. The summed E-state index contributed by atoms with van der Waals surface area (Å²) < 4.78 is 11.3. The van der Waals surface area contributed by atoms with E-state index < -0.39 is 5.97 Å². The zero-order chi connectivity index (χ0) is 20.7. The van der Waals surface area contributed by atoms with Crippen LogP contribution in [-0.4, -0.2) is 11.9 Å². The van der Waals surface area contributed by atoms with Crippen molar-refractivity contribution < 1.29 is 19.1 Å². The van der Waals surface area contributed by atoms with E-state index in [0.717, 1.165) is 35.1 Å². The highest BCUT2D eigenvalue weighted by atomic mass is 16.6. The van der Waals surface area contributed by atoms with Gasteiger partial charge < -0.3 is 9.47 Å². The Hall–Kier alpha value is -3.14. The molecule has 4 nitrogen and oxygen atoms in total. The molecule has 1 heterocycles. The van der Waals surface area contributed by atoms with Crippen LogP contribution in [0.25, 0.3) is 6.08 Å². The summed E-state index contributed by atoms with van der Waals surface area (Å²) in [4.78, 5) is 24.4. The lowest BCUT2D eigenvalue weighted by molar-refractivity contribution is -0.139. The molecule has 2 aromatic carbocycles. The third-order valence-corrected chi connectivity index (χ3v) is 5.92. The Kier molecular flexibility index (Phi) is 4.87. The van der Waals surface area contributed by atoms with Crippen LogP contribution in [0.2, 0.25) is 0 Å². The minimum atomic E-state index is -0.437. The van der Waals surface area contributed by atoms with Crippen molar-refractivity contribution in [2.45, 2.75) is 39.7 Å². The van der Waals surface area contributed by atoms with Gasteiger partial charge in [0.25, 0.3) is 0 Å². The predicted octanol–water partition coefficient (Wildman–Crippen LogP) is 4.95. The second-order valence-electron chi connectivity index (χ2n) is 7.87. The lowest BCUT2D eigenvalue weighted by Crippen LogP contribution is -2.21. The van der Waals surface area contributed by atoms with Crippen LogP contribution < -0.4 is 4.74 Å². The van der Waals surface area contributed by atoms with Crippen LogP contribution in [0.1, 0.15) is 45.9 Å². The van der Waals surface area contributed by atoms with Crippen molar-refractivity contribution in [3.63, 3.8) is 0 Å². The van der Waals surface area contributed by atoms with Gasteiger partial charge in [0.2, 0.25) is 0 Å². The Labute approximate surface area is 170 Å². The highest BCUT2D eigenvalue weighted by Gasteiger charge is 2.44. The number of hydrogen-bond donors (Lipinski definition) is 0. The van der Waals surface area contributed by atoms with E-state index in [1.54, 1.807) is 6.08 Å². The van der Waals surface area contributed by atoms with Gasteiger partial charge in [0.05, 0.1) is 0 Å². The number of aryl methyl sites for hydroxylation is 2. The van der Waals surface area contributed by atoms with E-state index >= 15 is 0 Å². The molecule has 0 radical (unpaired) electrons. The zero-order valence-corrected chi connectivity index (χ0v) is 17.0. The molecule has 148 valence electrons. The molecule has 2 atom stereocenters. The van der Waals surface area contributed by atoms with Gasteiger partial charge >= 0.3 is 11.9 Å². The average Bonchev–Trinajstić information content (AvgIpc) is 2.99. The van der Waals surface area contributed by atoms with E-state index in [1.807, 2.05) is 51.1 Å². The van der Waals surface area contributed by atoms with Gasteiger partial charge in [-0.3, -0.25) is 0 Å². The molecule has 0 amide bonds. The lowest BCUT2D eigenvalue weighted by Gasteiger charge is -2.30. The molecule has 0 aromatic heterocycles. The fourth-order valence-corrected chi connectivity index (χ4v) is 4.26. The first-order valence-corrected chi connectivity index (χ1v) is 9.84. The normalized spacial score (nSPS) is 20.4. The van der Waals surface area contributed by atoms with E-state index in [9.17, 15) is 9.59 Å². The summed E-state index contributed by atoms with van der Waals surface area (Å²) in [5.74, 6) is -0.254. The number of esters is 2. The second kappa shape index (κ2) is 7.36. The summed E-state index contributed by atoms with van der Waals surface area (Å²) in [6, 6.07) is 9.80. The van der Waals surface area contributed by atoms with Gasteiger partial charge in [-0.05, 0) is 68.0 Å². The van der Waals surface area contributed by atoms with E-state index in [0.29, 0.717) is 11.3 Å². The van der Waals surface area contributed by atoms with E-state index in [2.05, 4.69) is 6.58 Å². The molecule has 29 heavy (non-hydrogen) atoms. The molecule has 0 spiro atoms. The quantitative estimate of drug-likeness (QED) is 0.424. The Morgan fingerprint density at radius 1 is 1.21 bits per heavy atom. The smallest absolute Gasteiger partial charge is 0.336 e. The summed E-state index contributed by atoms with van der Waals surface area (Å²) in [5.41, 5.74) is 6.69. The third kappa shape index (κ3) is 3.51. The minimum absolute atomic E-state index is 0.000449. The van der Waals surface area contributed by atoms with Crippen molar-refractivity contribution in [2.24, 2.45) is 5.92 Å². The standard InChI is InChI=1S/C25H24O4/c1-14-5-7-18(8-6-14)9-12-22(26)28-21-13-15(2)19-10-11-20-16(3)25(27)29-24(20)23(19)17(21)4/h5-9,12-13,20,24H,3,10-11H2,1-2,4H3/b12-9+/t20-,24+/m0/s1. The number of hydrogen-bond acceptors (Lipinski definition) is 4. The fraction of sp³-hybridized carbons (Fsp3) is 0.280. The lowest BCUT2D eigenvalue weighted by atomic mass is 9.76. The van der Waals surface area contributed by atoms with Crippen LogP contribution in [0.15, 0.2) is 48.6 Å². The Morgan fingerprint density at radius 2 is 1.93 bits per heavy atom. The van der Waals surface area contributed by atoms with Gasteiger partial charge in [0, 0.05) is 23.1 Å². The SMILES string of the molecule is C=C1C(=O)O[C@H]2c3c(C)c(OC(=O)/C=C/c4ccc(C)cc4)cc(C)c3CC[C@@H]12. The molecule has 0 saturated carbocycles. The molecular formula is C25H24O4. The molecule has 1 saturated heterocycles. The maximum Gasteiger partial charge on any atom is 0.336 e. The van der Waals surface area contributed by atoms with Gasteiger partial charge in [0.1, 0.15) is 11.9 Å². The Morgan fingerprint density at radius 3 is 2.66 bits per heavy atom. The highest BCUT2D eigenvalue weighted by molar-refractivity contribution is 5.91. The topological polar surface area (TPSA) is 52.6 Å². The molecule has 1 aliphatic heterocycles. The molecule has 0 N–H and O–H groups in total. The van der Waals surface area contributed by atoms with Crippen LogP contribution in [0, 0.1) is 26.7 Å². The summed E-state index contributed by atoms with van der Waals surface area (Å²) in [7, 11) is 0. The van der Waals surface area contributed by atoms with Crippen LogP contribution >= 0.6 is 0 Å². The molecule has 2 aromatic rings. The van der Waals surface area contributed by atoms with Crippen molar-refractivity contribution in [1.82, 2.24) is 0 Å². The average molecular weight is 388 g/mol. The number of carbonyl (C=O) groups excluding carboxylic acids is 2. The largest absolute Gasteiger partial charge is 0.453 e. The third-order valence-electron chi connectivity index (χ3n) is 5.92. The Balaban J connectivity index is 1.61. The van der Waals surface area contributed by atoms with E-state index in [1.165, 1.54) is 17.2 Å². The molecule has 4 rings (SSSR count). The minimum Gasteiger partial charge on any atom is -0.453 e. The van der Waals surface area contributed by atoms with Gasteiger partial charge in [0.15, 0.2) is 0 Å². The van der Waals surface area contributed by atoms with Crippen molar-refractivity contribution in [2.75, 3.05) is 0 Å². The fourth-order valence-electron chi connectivity index (χ4n) is 4.26. The van der Waals surface area contributed by atoms with Crippen LogP contribution in [0.4, 0.5) is 0 Å². The molecule has 1 aliphatic carbocycles. The molecular weight excluding hydrogens is 364 g/mol. The summed E-state index contributed by atoms with van der Waals surface area (Å²) in [6.07, 6.45) is 4.54. The summed E-state index contributed by atoms with van der Waals surface area (Å²) in [6.45, 7) is 9.85. The van der Waals surface area contributed by atoms with E-state index in [-0.39, 0.29) is 18.0 Å². The number of rotatable bonds is 3. The summed E-state index contributed by atoms with van der Waals surface area (Å²) in [5, 5.41) is 0. The van der Waals surface area contributed by atoms with Gasteiger partial charge in [-0.25, -0.2) is 9.59 Å². The van der Waals surface area contributed by atoms with Crippen molar-refractivity contribution >= 4 is 18.0 Å². The summed E-state index contributed by atoms with van der Waals surface area (Å²) >= 11 is 0. The first kappa shape index (κ1) is 19.2. The number of benzene rings is 2. The predicted molar refractivity (Wildman–Crippen MR) is 112 cm³/mol. The van der Waals surface area contributed by atoms with Crippen LogP contribution in [0.5, 0.6) is 5.75 Å². The maximum atomic E-state index is 12.4. The van der Waals surface area contributed by atoms with Crippen LogP contribution in [-0.2, 0) is 20.7 Å². The Bertz CT molecular complexity index is 1040. The van der Waals surface area contributed by atoms with Crippen molar-refractivity contribution in [3.05, 3.63) is 81.9 Å². The monoisotopic (exact) mass is 388 g/mol. The number of carbonyl (C=O) groups is 2. The van der Waals surface area contributed by atoms with Crippen molar-refractivity contribution in [1.29, 1.82) is 0 Å². The second-order valence-corrected chi connectivity index (χ2v) is 7.87. The maximum absolute atomic E-state index is 12.4. The molecule has 0 bridgehead atoms. The number of fused-ring (bicyclic) bond motifs is 3. The van der Waals surface area contributed by atoms with Gasteiger partial charge in [-0.1, -0.05) is 36.4 Å². The zero-order valence-electron chi connectivity index (χ0n) is 17.0. The van der Waals surface area contributed by atoms with Gasteiger partial charge in [-0.2, -0.15) is 0 Å². The molecule has 2 aliphatic rings.